The Morgan fingerprint density at radius 3 is 2.44 bits per heavy atom. The van der Waals surface area contributed by atoms with Gasteiger partial charge in [-0.2, -0.15) is 0 Å². The standard InChI is InChI=1S/C17H26NO6P/c1-3-4-12-25(21,22)13-8-11-18-17(20)24-14(2)23-16(19)15-9-6-5-7-10-15/h5-7,9-10,14H,3-4,8,11-13H2,1-2H3,(H,18,20)(H,21,22). The SMILES string of the molecule is CCCCP(=O)(O)CCCNC(=O)OC(C)OC(=O)c1ccccc1. The predicted molar refractivity (Wildman–Crippen MR) is 94.9 cm³/mol. The zero-order chi connectivity index (χ0) is 18.7. The number of rotatable bonds is 10. The van der Waals surface area contributed by atoms with Crippen molar-refractivity contribution in [3.8, 4) is 0 Å². The maximum absolute atomic E-state index is 11.8. The van der Waals surface area contributed by atoms with E-state index in [1.807, 2.05) is 6.92 Å². The Balaban J connectivity index is 2.23. The molecular formula is C17H26NO6P. The molecule has 0 spiro atoms. The molecule has 1 aromatic rings. The summed E-state index contributed by atoms with van der Waals surface area (Å²) in [5, 5.41) is 2.47. The van der Waals surface area contributed by atoms with Crippen LogP contribution < -0.4 is 5.32 Å². The molecule has 7 nitrogen and oxygen atoms in total. The van der Waals surface area contributed by atoms with Crippen molar-refractivity contribution in [2.45, 2.75) is 39.4 Å². The van der Waals surface area contributed by atoms with Crippen molar-refractivity contribution < 1.29 is 28.5 Å². The summed E-state index contributed by atoms with van der Waals surface area (Å²) in [5.74, 6) is -0.585. The van der Waals surface area contributed by atoms with Gasteiger partial charge >= 0.3 is 12.1 Å². The number of carbonyl (C=O) groups excluding carboxylic acids is 2. The van der Waals surface area contributed by atoms with Crippen LogP contribution in [0.15, 0.2) is 30.3 Å². The lowest BCUT2D eigenvalue weighted by atomic mass is 10.2. The second kappa shape index (κ2) is 10.9. The van der Waals surface area contributed by atoms with E-state index in [9.17, 15) is 19.0 Å². The Morgan fingerprint density at radius 2 is 1.80 bits per heavy atom. The normalized spacial score (nSPS) is 14.2. The lowest BCUT2D eigenvalue weighted by Crippen LogP contribution is -2.31. The molecule has 0 heterocycles. The van der Waals surface area contributed by atoms with Gasteiger partial charge in [0.1, 0.15) is 0 Å². The molecule has 1 rings (SSSR count). The smallest absolute Gasteiger partial charge is 0.410 e. The summed E-state index contributed by atoms with van der Waals surface area (Å²) in [5.41, 5.74) is 0.365. The van der Waals surface area contributed by atoms with Gasteiger partial charge in [-0.25, -0.2) is 9.59 Å². The number of benzene rings is 1. The molecule has 0 bridgehead atoms. The molecular weight excluding hydrogens is 345 g/mol. The first kappa shape index (κ1) is 21.2. The molecule has 0 saturated carbocycles. The number of alkyl carbamates (subject to hydrolysis) is 1. The van der Waals surface area contributed by atoms with Crippen molar-refractivity contribution in [2.24, 2.45) is 0 Å². The summed E-state index contributed by atoms with van der Waals surface area (Å²) in [6, 6.07) is 8.38. The van der Waals surface area contributed by atoms with Gasteiger partial charge in [0.25, 0.3) is 0 Å². The van der Waals surface area contributed by atoms with Crippen LogP contribution in [0.1, 0.15) is 43.5 Å². The van der Waals surface area contributed by atoms with Crippen LogP contribution in [0.2, 0.25) is 0 Å². The third kappa shape index (κ3) is 9.27. The van der Waals surface area contributed by atoms with Crippen LogP contribution in [0, 0.1) is 0 Å². The largest absolute Gasteiger partial charge is 0.422 e. The summed E-state index contributed by atoms with van der Waals surface area (Å²) in [6.45, 7) is 3.62. The zero-order valence-corrected chi connectivity index (χ0v) is 15.5. The maximum Gasteiger partial charge on any atom is 0.410 e. The van der Waals surface area contributed by atoms with E-state index in [1.165, 1.54) is 6.92 Å². The van der Waals surface area contributed by atoms with E-state index in [2.05, 4.69) is 5.32 Å². The van der Waals surface area contributed by atoms with Gasteiger partial charge in [-0.1, -0.05) is 31.5 Å². The number of unbranched alkanes of at least 4 members (excludes halogenated alkanes) is 1. The van der Waals surface area contributed by atoms with Gasteiger partial charge in [-0.05, 0) is 25.0 Å². The summed E-state index contributed by atoms with van der Waals surface area (Å²) >= 11 is 0. The van der Waals surface area contributed by atoms with E-state index in [1.54, 1.807) is 30.3 Å². The van der Waals surface area contributed by atoms with Gasteiger partial charge in [-0.15, -0.1) is 0 Å². The van der Waals surface area contributed by atoms with E-state index >= 15 is 0 Å². The molecule has 2 unspecified atom stereocenters. The molecule has 0 fully saturated rings. The Labute approximate surface area is 148 Å². The van der Waals surface area contributed by atoms with Crippen LogP contribution in [-0.2, 0) is 14.0 Å². The monoisotopic (exact) mass is 371 g/mol. The van der Waals surface area contributed by atoms with Crippen LogP contribution >= 0.6 is 7.37 Å². The molecule has 0 radical (unpaired) electrons. The number of carbonyl (C=O) groups is 2. The summed E-state index contributed by atoms with van der Waals surface area (Å²) in [6.07, 6.45) is 0.648. The molecule has 0 aliphatic heterocycles. The van der Waals surface area contributed by atoms with Crippen molar-refractivity contribution in [3.63, 3.8) is 0 Å². The molecule has 0 aliphatic rings. The van der Waals surface area contributed by atoms with Crippen LogP contribution in [0.3, 0.4) is 0 Å². The minimum absolute atomic E-state index is 0.159. The number of hydrogen-bond acceptors (Lipinski definition) is 5. The predicted octanol–water partition coefficient (Wildman–Crippen LogP) is 3.38. The Morgan fingerprint density at radius 1 is 1.16 bits per heavy atom. The first-order valence-corrected chi connectivity index (χ1v) is 10.4. The van der Waals surface area contributed by atoms with E-state index in [0.717, 1.165) is 6.42 Å². The fourth-order valence-electron chi connectivity index (χ4n) is 2.04. The van der Waals surface area contributed by atoms with Crippen molar-refractivity contribution in [2.75, 3.05) is 18.9 Å². The second-order valence-corrected chi connectivity index (χ2v) is 8.26. The number of amides is 1. The fraction of sp³-hybridized carbons (Fsp3) is 0.529. The third-order valence-corrected chi connectivity index (χ3v) is 5.40. The average Bonchev–Trinajstić information content (AvgIpc) is 2.57. The molecule has 8 heteroatoms. The van der Waals surface area contributed by atoms with E-state index in [-0.39, 0.29) is 12.7 Å². The summed E-state index contributed by atoms with van der Waals surface area (Å²) in [7, 11) is -3.11. The van der Waals surface area contributed by atoms with Crippen LogP contribution in [0.4, 0.5) is 4.79 Å². The highest BCUT2D eigenvalue weighted by Gasteiger charge is 2.18. The molecule has 140 valence electrons. The quantitative estimate of drug-likeness (QED) is 0.283. The third-order valence-electron chi connectivity index (χ3n) is 3.37. The number of hydrogen-bond donors (Lipinski definition) is 2. The lowest BCUT2D eigenvalue weighted by molar-refractivity contribution is -0.0600. The van der Waals surface area contributed by atoms with Gasteiger partial charge < -0.3 is 19.7 Å². The minimum Gasteiger partial charge on any atom is -0.422 e. The lowest BCUT2D eigenvalue weighted by Gasteiger charge is -2.15. The first-order valence-electron chi connectivity index (χ1n) is 8.35. The second-order valence-electron chi connectivity index (χ2n) is 5.67. The molecule has 2 atom stereocenters. The van der Waals surface area contributed by atoms with E-state index < -0.39 is 25.7 Å². The summed E-state index contributed by atoms with van der Waals surface area (Å²) in [4.78, 5) is 33.1. The van der Waals surface area contributed by atoms with Crippen molar-refractivity contribution in [3.05, 3.63) is 35.9 Å². The number of nitrogens with one attached hydrogen (secondary N) is 1. The minimum atomic E-state index is -3.11. The highest BCUT2D eigenvalue weighted by molar-refractivity contribution is 7.57. The van der Waals surface area contributed by atoms with Crippen LogP contribution in [-0.4, -0.2) is 42.1 Å². The van der Waals surface area contributed by atoms with Crippen LogP contribution in [0.25, 0.3) is 0 Å². The van der Waals surface area contributed by atoms with Gasteiger partial charge in [0.05, 0.1) is 5.56 Å². The van der Waals surface area contributed by atoms with Gasteiger partial charge in [0.15, 0.2) is 0 Å². The highest BCUT2D eigenvalue weighted by atomic mass is 31.2. The van der Waals surface area contributed by atoms with Crippen molar-refractivity contribution >= 4 is 19.4 Å². The average molecular weight is 371 g/mol. The number of ether oxygens (including phenoxy) is 2. The molecule has 2 N–H and O–H groups in total. The molecule has 1 amide bonds. The van der Waals surface area contributed by atoms with Gasteiger partial charge in [-0.3, -0.25) is 4.57 Å². The molecule has 0 aromatic heterocycles. The molecule has 0 saturated heterocycles. The first-order chi connectivity index (χ1) is 11.8. The van der Waals surface area contributed by atoms with Gasteiger partial charge in [0.2, 0.25) is 13.7 Å². The fourth-order valence-corrected chi connectivity index (χ4v) is 3.73. The van der Waals surface area contributed by atoms with Crippen LogP contribution in [0.5, 0.6) is 0 Å². The molecule has 0 aliphatic carbocycles. The Bertz CT molecular complexity index is 592. The van der Waals surface area contributed by atoms with Crippen molar-refractivity contribution in [1.29, 1.82) is 0 Å². The number of esters is 1. The van der Waals surface area contributed by atoms with E-state index in [0.29, 0.717) is 24.6 Å². The molecule has 1 aromatic carbocycles. The maximum atomic E-state index is 11.8. The van der Waals surface area contributed by atoms with Crippen molar-refractivity contribution in [1.82, 2.24) is 5.32 Å². The van der Waals surface area contributed by atoms with Gasteiger partial charge in [0, 0.05) is 25.8 Å². The highest BCUT2D eigenvalue weighted by Crippen LogP contribution is 2.41. The Kier molecular flexibility index (Phi) is 9.24. The van der Waals surface area contributed by atoms with E-state index in [4.69, 9.17) is 9.47 Å². The zero-order valence-electron chi connectivity index (χ0n) is 14.6. The topological polar surface area (TPSA) is 102 Å². The Hall–Kier alpha value is -1.85. The summed E-state index contributed by atoms with van der Waals surface area (Å²) < 4.78 is 21.7. The molecule has 25 heavy (non-hydrogen) atoms.